The summed E-state index contributed by atoms with van der Waals surface area (Å²) in [7, 11) is 0. The molecule has 3 N–H and O–H groups in total. The van der Waals surface area contributed by atoms with Crippen molar-refractivity contribution in [3.05, 3.63) is 0 Å². The average molecular weight is 258 g/mol. The van der Waals surface area contributed by atoms with E-state index in [2.05, 4.69) is 18.5 Å². The molecule has 1 saturated carbocycles. The van der Waals surface area contributed by atoms with Gasteiger partial charge in [-0.25, -0.2) is 0 Å². The Hall–Kier alpha value is -0.220. The number of amides is 1. The van der Waals surface area contributed by atoms with E-state index in [-0.39, 0.29) is 17.9 Å². The van der Waals surface area contributed by atoms with Crippen LogP contribution in [0.25, 0.3) is 0 Å². The summed E-state index contributed by atoms with van der Waals surface area (Å²) >= 11 is 1.82. The van der Waals surface area contributed by atoms with Gasteiger partial charge in [-0.15, -0.1) is 0 Å². The summed E-state index contributed by atoms with van der Waals surface area (Å²) in [4.78, 5) is 12.1. The molecule has 3 unspecified atom stereocenters. The molecule has 0 radical (unpaired) electrons. The van der Waals surface area contributed by atoms with Crippen molar-refractivity contribution in [1.82, 2.24) is 5.32 Å². The molecule has 4 heteroatoms. The molecule has 0 aliphatic heterocycles. The Morgan fingerprint density at radius 1 is 1.41 bits per heavy atom. The molecule has 0 saturated heterocycles. The second kappa shape index (κ2) is 7.98. The lowest BCUT2D eigenvalue weighted by molar-refractivity contribution is -0.125. The molecule has 0 aromatic carbocycles. The summed E-state index contributed by atoms with van der Waals surface area (Å²) in [5.41, 5.74) is 6.08. The fraction of sp³-hybridized carbons (Fsp3) is 0.923. The van der Waals surface area contributed by atoms with Crippen LogP contribution in [-0.4, -0.2) is 30.5 Å². The third-order valence-electron chi connectivity index (χ3n) is 3.48. The van der Waals surface area contributed by atoms with Gasteiger partial charge in [-0.3, -0.25) is 4.79 Å². The third kappa shape index (κ3) is 5.30. The van der Waals surface area contributed by atoms with Gasteiger partial charge in [-0.05, 0) is 30.8 Å². The van der Waals surface area contributed by atoms with E-state index < -0.39 is 0 Å². The lowest BCUT2D eigenvalue weighted by Gasteiger charge is -2.21. The number of hydrogen-bond acceptors (Lipinski definition) is 3. The summed E-state index contributed by atoms with van der Waals surface area (Å²) in [6, 6.07) is 0.0633. The van der Waals surface area contributed by atoms with Crippen LogP contribution in [-0.2, 0) is 4.79 Å². The Kier molecular flexibility index (Phi) is 6.97. The molecule has 0 aromatic rings. The molecule has 0 aromatic heterocycles. The molecule has 1 fully saturated rings. The molecule has 1 amide bonds. The van der Waals surface area contributed by atoms with Crippen molar-refractivity contribution in [3.8, 4) is 0 Å². The molecule has 0 bridgehead atoms. The van der Waals surface area contributed by atoms with Crippen LogP contribution in [0.3, 0.4) is 0 Å². The summed E-state index contributed by atoms with van der Waals surface area (Å²) in [6.45, 7) is 2.95. The van der Waals surface area contributed by atoms with E-state index in [4.69, 9.17) is 5.73 Å². The molecule has 1 aliphatic carbocycles. The fourth-order valence-electron chi connectivity index (χ4n) is 2.41. The van der Waals surface area contributed by atoms with Gasteiger partial charge in [-0.1, -0.05) is 26.2 Å². The maximum atomic E-state index is 12.1. The summed E-state index contributed by atoms with van der Waals surface area (Å²) in [6.07, 6.45) is 7.60. The molecular weight excluding hydrogens is 232 g/mol. The topological polar surface area (TPSA) is 55.1 Å². The van der Waals surface area contributed by atoms with E-state index in [1.165, 1.54) is 12.8 Å². The van der Waals surface area contributed by atoms with E-state index in [1.54, 1.807) is 0 Å². The minimum Gasteiger partial charge on any atom is -0.356 e. The zero-order valence-corrected chi connectivity index (χ0v) is 11.9. The van der Waals surface area contributed by atoms with Crippen molar-refractivity contribution >= 4 is 17.7 Å². The Labute approximate surface area is 109 Å². The van der Waals surface area contributed by atoms with Crippen LogP contribution in [0.2, 0.25) is 0 Å². The monoisotopic (exact) mass is 258 g/mol. The van der Waals surface area contributed by atoms with Crippen molar-refractivity contribution < 1.29 is 4.79 Å². The van der Waals surface area contributed by atoms with Gasteiger partial charge >= 0.3 is 0 Å². The molecule has 3 nitrogen and oxygen atoms in total. The van der Waals surface area contributed by atoms with Crippen LogP contribution in [0.15, 0.2) is 0 Å². The van der Waals surface area contributed by atoms with Crippen LogP contribution in [0.4, 0.5) is 0 Å². The van der Waals surface area contributed by atoms with Crippen molar-refractivity contribution in [1.29, 1.82) is 0 Å². The Morgan fingerprint density at radius 2 is 2.12 bits per heavy atom. The smallest absolute Gasteiger partial charge is 0.224 e. The van der Waals surface area contributed by atoms with Crippen molar-refractivity contribution in [2.75, 3.05) is 18.6 Å². The quantitative estimate of drug-likeness (QED) is 0.742. The first-order chi connectivity index (χ1) is 8.15. The number of thioether (sulfide) groups is 1. The highest BCUT2D eigenvalue weighted by atomic mass is 32.2. The largest absolute Gasteiger partial charge is 0.356 e. The van der Waals surface area contributed by atoms with E-state index in [9.17, 15) is 4.79 Å². The maximum Gasteiger partial charge on any atom is 0.224 e. The second-order valence-electron chi connectivity index (χ2n) is 5.21. The van der Waals surface area contributed by atoms with Crippen molar-refractivity contribution in [3.63, 3.8) is 0 Å². The lowest BCUT2D eigenvalue weighted by atomic mass is 9.94. The van der Waals surface area contributed by atoms with E-state index in [0.29, 0.717) is 5.92 Å². The van der Waals surface area contributed by atoms with Crippen LogP contribution >= 0.6 is 11.8 Å². The van der Waals surface area contributed by atoms with E-state index in [0.717, 1.165) is 31.6 Å². The minimum atomic E-state index is 0.0407. The molecule has 17 heavy (non-hydrogen) atoms. The standard InChI is InChI=1S/C13H26N2OS/c1-10(9-17-2)8-15-13(16)11-6-4-3-5-7-12(11)14/h10-12H,3-9,14H2,1-2H3,(H,15,16). The number of carbonyl (C=O) groups is 1. The van der Waals surface area contributed by atoms with Crippen molar-refractivity contribution in [2.24, 2.45) is 17.6 Å². The first-order valence-electron chi connectivity index (χ1n) is 6.67. The molecule has 3 atom stereocenters. The first kappa shape index (κ1) is 14.8. The summed E-state index contributed by atoms with van der Waals surface area (Å²) in [5, 5.41) is 3.06. The van der Waals surface area contributed by atoms with E-state index >= 15 is 0 Å². The van der Waals surface area contributed by atoms with Crippen LogP contribution in [0.5, 0.6) is 0 Å². The normalized spacial score (nSPS) is 27.2. The highest BCUT2D eigenvalue weighted by molar-refractivity contribution is 7.98. The Balaban J connectivity index is 2.34. The molecule has 100 valence electrons. The molecule has 0 spiro atoms. The van der Waals surface area contributed by atoms with Crippen molar-refractivity contribution in [2.45, 2.75) is 45.1 Å². The highest BCUT2D eigenvalue weighted by Gasteiger charge is 2.26. The zero-order chi connectivity index (χ0) is 12.7. The lowest BCUT2D eigenvalue weighted by Crippen LogP contribution is -2.42. The number of nitrogens with one attached hydrogen (secondary N) is 1. The fourth-order valence-corrected chi connectivity index (χ4v) is 3.10. The Bertz CT molecular complexity index is 235. The van der Waals surface area contributed by atoms with Crippen LogP contribution < -0.4 is 11.1 Å². The van der Waals surface area contributed by atoms with Gasteiger partial charge in [0.1, 0.15) is 0 Å². The number of carbonyl (C=O) groups excluding carboxylic acids is 1. The van der Waals surface area contributed by atoms with Crippen LogP contribution in [0, 0.1) is 11.8 Å². The highest BCUT2D eigenvalue weighted by Crippen LogP contribution is 2.22. The minimum absolute atomic E-state index is 0.0407. The first-order valence-corrected chi connectivity index (χ1v) is 8.06. The number of hydrogen-bond donors (Lipinski definition) is 2. The number of rotatable bonds is 5. The zero-order valence-electron chi connectivity index (χ0n) is 11.1. The predicted octanol–water partition coefficient (Wildman–Crippen LogP) is 2.01. The molecule has 1 rings (SSSR count). The van der Waals surface area contributed by atoms with Gasteiger partial charge in [-0.2, -0.15) is 11.8 Å². The van der Waals surface area contributed by atoms with Gasteiger partial charge in [0.15, 0.2) is 0 Å². The molecule has 1 aliphatic rings. The average Bonchev–Trinajstić information content (AvgIpc) is 2.51. The van der Waals surface area contributed by atoms with Crippen LogP contribution in [0.1, 0.15) is 39.0 Å². The van der Waals surface area contributed by atoms with Gasteiger partial charge in [0.2, 0.25) is 5.91 Å². The van der Waals surface area contributed by atoms with Gasteiger partial charge in [0.25, 0.3) is 0 Å². The van der Waals surface area contributed by atoms with Gasteiger partial charge in [0, 0.05) is 12.6 Å². The molecule has 0 heterocycles. The van der Waals surface area contributed by atoms with Gasteiger partial charge in [0.05, 0.1) is 5.92 Å². The third-order valence-corrected chi connectivity index (χ3v) is 4.38. The van der Waals surface area contributed by atoms with Gasteiger partial charge < -0.3 is 11.1 Å². The number of nitrogens with two attached hydrogens (primary N) is 1. The second-order valence-corrected chi connectivity index (χ2v) is 6.12. The maximum absolute atomic E-state index is 12.1. The summed E-state index contributed by atoms with van der Waals surface area (Å²) < 4.78 is 0. The SMILES string of the molecule is CSCC(C)CNC(=O)C1CCCCCC1N. The molecular formula is C13H26N2OS. The predicted molar refractivity (Wildman–Crippen MR) is 75.1 cm³/mol. The Morgan fingerprint density at radius 3 is 2.82 bits per heavy atom. The summed E-state index contributed by atoms with van der Waals surface area (Å²) in [5.74, 6) is 1.85. The van der Waals surface area contributed by atoms with E-state index in [1.807, 2.05) is 11.8 Å².